The number of aliphatic hydroxyl groups is 1. The molecule has 3 rings (SSSR count). The van der Waals surface area contributed by atoms with E-state index in [0.717, 1.165) is 37.6 Å². The minimum absolute atomic E-state index is 0.0440. The summed E-state index contributed by atoms with van der Waals surface area (Å²) in [5.74, 6) is 2.39. The Balaban J connectivity index is 1.60. The van der Waals surface area contributed by atoms with Crippen molar-refractivity contribution in [2.75, 3.05) is 24.7 Å². The minimum Gasteiger partial charge on any atom is -0.390 e. The molecule has 2 aliphatic heterocycles. The largest absolute Gasteiger partial charge is 0.390 e. The highest BCUT2D eigenvalue weighted by Crippen LogP contribution is 2.42. The van der Waals surface area contributed by atoms with Crippen molar-refractivity contribution < 1.29 is 14.6 Å². The number of thioether (sulfide) groups is 1. The van der Waals surface area contributed by atoms with E-state index in [-0.39, 0.29) is 17.8 Å². The van der Waals surface area contributed by atoms with Crippen molar-refractivity contribution in [3.05, 3.63) is 0 Å². The van der Waals surface area contributed by atoms with Crippen LogP contribution in [0.25, 0.3) is 0 Å². The van der Waals surface area contributed by atoms with Crippen LogP contribution in [0.2, 0.25) is 0 Å². The van der Waals surface area contributed by atoms with Crippen LogP contribution >= 0.6 is 11.8 Å². The highest BCUT2D eigenvalue weighted by molar-refractivity contribution is 7.99. The molecule has 0 aromatic rings. The molecule has 2 heterocycles. The average Bonchev–Trinajstić information content (AvgIpc) is 2.48. The Kier molecular flexibility index (Phi) is 4.73. The standard InChI is InChI=1S/C15H26O3S/c16-14(13-11-19-9-8-17-13)12-4-7-18-15(10-12)5-2-1-3-6-15/h12-14,16H,1-11H2. The minimum atomic E-state index is -0.296. The number of hydrogen-bond donors (Lipinski definition) is 1. The van der Waals surface area contributed by atoms with Crippen molar-refractivity contribution in [3.8, 4) is 0 Å². The van der Waals surface area contributed by atoms with Crippen LogP contribution < -0.4 is 0 Å². The van der Waals surface area contributed by atoms with Gasteiger partial charge in [-0.2, -0.15) is 11.8 Å². The Morgan fingerprint density at radius 2 is 2.00 bits per heavy atom. The van der Waals surface area contributed by atoms with Gasteiger partial charge in [0.15, 0.2) is 0 Å². The predicted octanol–water partition coefficient (Wildman–Crippen LogP) is 2.61. The third-order valence-corrected chi connectivity index (χ3v) is 6.02. The van der Waals surface area contributed by atoms with E-state index >= 15 is 0 Å². The zero-order valence-electron chi connectivity index (χ0n) is 11.7. The number of rotatable bonds is 2. The number of ether oxygens (including phenoxy) is 2. The van der Waals surface area contributed by atoms with Crippen LogP contribution in [0, 0.1) is 5.92 Å². The lowest BCUT2D eigenvalue weighted by molar-refractivity contribution is -0.148. The van der Waals surface area contributed by atoms with E-state index in [1.807, 2.05) is 11.8 Å². The van der Waals surface area contributed by atoms with Gasteiger partial charge in [0.05, 0.1) is 24.4 Å². The third-order valence-electron chi connectivity index (χ3n) is 5.00. The van der Waals surface area contributed by atoms with Crippen molar-refractivity contribution in [2.45, 2.75) is 62.8 Å². The lowest BCUT2D eigenvalue weighted by atomic mass is 9.74. The van der Waals surface area contributed by atoms with E-state index in [4.69, 9.17) is 9.47 Å². The van der Waals surface area contributed by atoms with Gasteiger partial charge in [0.1, 0.15) is 0 Å². The molecule has 3 nitrogen and oxygen atoms in total. The molecule has 1 aliphatic carbocycles. The van der Waals surface area contributed by atoms with E-state index in [1.165, 1.54) is 32.1 Å². The normalized spacial score (nSPS) is 37.1. The lowest BCUT2D eigenvalue weighted by Crippen LogP contribution is -2.48. The molecular formula is C15H26O3S. The molecule has 3 fully saturated rings. The monoisotopic (exact) mass is 286 g/mol. The van der Waals surface area contributed by atoms with Gasteiger partial charge >= 0.3 is 0 Å². The Hall–Kier alpha value is 0.230. The highest BCUT2D eigenvalue weighted by atomic mass is 32.2. The fourth-order valence-electron chi connectivity index (χ4n) is 3.91. The van der Waals surface area contributed by atoms with Crippen molar-refractivity contribution >= 4 is 11.8 Å². The molecule has 0 radical (unpaired) electrons. The fourth-order valence-corrected chi connectivity index (χ4v) is 4.81. The summed E-state index contributed by atoms with van der Waals surface area (Å²) in [6.45, 7) is 1.61. The van der Waals surface area contributed by atoms with Gasteiger partial charge in [0, 0.05) is 18.1 Å². The fraction of sp³-hybridized carbons (Fsp3) is 1.00. The molecule has 1 N–H and O–H groups in total. The Morgan fingerprint density at radius 1 is 1.16 bits per heavy atom. The molecule has 3 unspecified atom stereocenters. The molecule has 3 atom stereocenters. The van der Waals surface area contributed by atoms with E-state index in [2.05, 4.69) is 0 Å². The SMILES string of the molecule is OC(C1CCOC2(CCCCC2)C1)C1CSCCO1. The summed E-state index contributed by atoms with van der Waals surface area (Å²) in [7, 11) is 0. The highest BCUT2D eigenvalue weighted by Gasteiger charge is 2.42. The molecule has 4 heteroatoms. The maximum absolute atomic E-state index is 10.6. The second-order valence-corrected chi connectivity index (χ2v) is 7.47. The molecule has 2 saturated heterocycles. The summed E-state index contributed by atoms with van der Waals surface area (Å²) < 4.78 is 11.9. The Morgan fingerprint density at radius 3 is 2.74 bits per heavy atom. The average molecular weight is 286 g/mol. The first-order chi connectivity index (χ1) is 9.29. The van der Waals surface area contributed by atoms with E-state index < -0.39 is 0 Å². The van der Waals surface area contributed by atoms with Crippen LogP contribution in [-0.2, 0) is 9.47 Å². The predicted molar refractivity (Wildman–Crippen MR) is 77.6 cm³/mol. The third kappa shape index (κ3) is 3.29. The maximum atomic E-state index is 10.6. The van der Waals surface area contributed by atoms with E-state index in [9.17, 15) is 5.11 Å². The van der Waals surface area contributed by atoms with Crippen molar-refractivity contribution in [2.24, 2.45) is 5.92 Å². The molecule has 0 aromatic carbocycles. The van der Waals surface area contributed by atoms with Gasteiger partial charge in [-0.1, -0.05) is 19.3 Å². The van der Waals surface area contributed by atoms with Gasteiger partial charge in [-0.3, -0.25) is 0 Å². The van der Waals surface area contributed by atoms with Crippen LogP contribution in [0.15, 0.2) is 0 Å². The molecule has 0 aromatic heterocycles. The molecule has 19 heavy (non-hydrogen) atoms. The van der Waals surface area contributed by atoms with Crippen molar-refractivity contribution in [1.29, 1.82) is 0 Å². The molecule has 110 valence electrons. The summed E-state index contributed by atoms with van der Waals surface area (Å²) in [5.41, 5.74) is 0.0873. The van der Waals surface area contributed by atoms with Gasteiger partial charge < -0.3 is 14.6 Å². The summed E-state index contributed by atoms with van der Waals surface area (Å²) in [5, 5.41) is 10.6. The molecule has 0 bridgehead atoms. The molecule has 3 aliphatic rings. The molecule has 1 saturated carbocycles. The van der Waals surface area contributed by atoms with Gasteiger partial charge in [0.2, 0.25) is 0 Å². The van der Waals surface area contributed by atoms with Gasteiger partial charge in [-0.05, 0) is 31.6 Å². The summed E-state index contributed by atoms with van der Waals surface area (Å²) in [6.07, 6.45) is 8.09. The first-order valence-corrected chi connectivity index (χ1v) is 8.96. The van der Waals surface area contributed by atoms with Crippen LogP contribution in [0.5, 0.6) is 0 Å². The quantitative estimate of drug-likeness (QED) is 0.847. The summed E-state index contributed by atoms with van der Waals surface area (Å²) in [6, 6.07) is 0. The van der Waals surface area contributed by atoms with Gasteiger partial charge in [-0.25, -0.2) is 0 Å². The second-order valence-electron chi connectivity index (χ2n) is 6.32. The van der Waals surface area contributed by atoms with Crippen LogP contribution in [0.3, 0.4) is 0 Å². The van der Waals surface area contributed by atoms with E-state index in [0.29, 0.717) is 5.92 Å². The van der Waals surface area contributed by atoms with Gasteiger partial charge in [0.25, 0.3) is 0 Å². The van der Waals surface area contributed by atoms with E-state index in [1.54, 1.807) is 0 Å². The zero-order valence-corrected chi connectivity index (χ0v) is 12.5. The lowest BCUT2D eigenvalue weighted by Gasteiger charge is -2.45. The zero-order chi connectivity index (χ0) is 13.1. The van der Waals surface area contributed by atoms with Crippen LogP contribution in [0.1, 0.15) is 44.9 Å². The second kappa shape index (κ2) is 6.33. The van der Waals surface area contributed by atoms with Crippen molar-refractivity contribution in [3.63, 3.8) is 0 Å². The number of hydrogen-bond acceptors (Lipinski definition) is 4. The molecule has 0 amide bonds. The van der Waals surface area contributed by atoms with Crippen molar-refractivity contribution in [1.82, 2.24) is 0 Å². The molecule has 1 spiro atoms. The van der Waals surface area contributed by atoms with Crippen LogP contribution in [-0.4, -0.2) is 47.6 Å². The van der Waals surface area contributed by atoms with Gasteiger partial charge in [-0.15, -0.1) is 0 Å². The topological polar surface area (TPSA) is 38.7 Å². The first kappa shape index (κ1) is 14.2. The first-order valence-electron chi connectivity index (χ1n) is 7.80. The maximum Gasteiger partial charge on any atom is 0.0927 e. The number of aliphatic hydroxyl groups excluding tert-OH is 1. The Bertz CT molecular complexity index is 280. The summed E-state index contributed by atoms with van der Waals surface area (Å²) in [4.78, 5) is 0. The smallest absolute Gasteiger partial charge is 0.0927 e. The van der Waals surface area contributed by atoms with Crippen LogP contribution in [0.4, 0.5) is 0 Å². The Labute approximate surface area is 120 Å². The molecular weight excluding hydrogens is 260 g/mol. The summed E-state index contributed by atoms with van der Waals surface area (Å²) >= 11 is 1.91.